The van der Waals surface area contributed by atoms with Crippen LogP contribution < -0.4 is 5.73 Å². The van der Waals surface area contributed by atoms with Crippen molar-refractivity contribution < 1.29 is 68.6 Å². The second-order valence-corrected chi connectivity index (χ2v) is 17.1. The number of carbonyl (C=O) groups is 2. The first-order valence-corrected chi connectivity index (χ1v) is 20.7. The Morgan fingerprint density at radius 2 is 1.71 bits per heavy atom. The van der Waals surface area contributed by atoms with Gasteiger partial charge in [0.05, 0.1) is 49.8 Å². The van der Waals surface area contributed by atoms with Crippen LogP contribution in [0.2, 0.25) is 0 Å². The molecule has 2 saturated heterocycles. The van der Waals surface area contributed by atoms with Crippen LogP contribution in [0.15, 0.2) is 59.4 Å². The van der Waals surface area contributed by atoms with Gasteiger partial charge in [0, 0.05) is 42.4 Å². The Bertz CT molecular complexity index is 1530. The van der Waals surface area contributed by atoms with E-state index in [1.807, 2.05) is 27.7 Å². The maximum absolute atomic E-state index is 13.7. The number of ether oxygens (including phenoxy) is 6. The van der Waals surface area contributed by atoms with Crippen LogP contribution in [0.4, 0.5) is 4.79 Å². The van der Waals surface area contributed by atoms with E-state index in [0.717, 1.165) is 5.57 Å². The highest BCUT2D eigenvalue weighted by Crippen LogP contribution is 2.42. The number of amides is 1. The van der Waals surface area contributed by atoms with Gasteiger partial charge in [0.2, 0.25) is 5.76 Å². The highest BCUT2D eigenvalue weighted by Gasteiger charge is 2.52. The van der Waals surface area contributed by atoms with E-state index in [0.29, 0.717) is 12.0 Å². The molecule has 3 aliphatic rings. The number of primary amides is 1. The van der Waals surface area contributed by atoms with Gasteiger partial charge in [0.25, 0.3) is 0 Å². The zero-order valence-corrected chi connectivity index (χ0v) is 36.5. The van der Waals surface area contributed by atoms with Crippen molar-refractivity contribution in [3.63, 3.8) is 0 Å². The van der Waals surface area contributed by atoms with E-state index in [2.05, 4.69) is 0 Å². The fourth-order valence-corrected chi connectivity index (χ4v) is 8.45. The van der Waals surface area contributed by atoms with Crippen LogP contribution in [-0.4, -0.2) is 123 Å². The molecule has 59 heavy (non-hydrogen) atoms. The summed E-state index contributed by atoms with van der Waals surface area (Å²) in [5, 5.41) is 68.8. The number of cyclic esters (lactones) is 1. The minimum absolute atomic E-state index is 0.0458. The summed E-state index contributed by atoms with van der Waals surface area (Å²) in [5.74, 6) is -6.53. The van der Waals surface area contributed by atoms with Crippen LogP contribution in [0.3, 0.4) is 0 Å². The molecule has 18 atom stereocenters. The fraction of sp³-hybridized carbons (Fsp3) is 0.727. The summed E-state index contributed by atoms with van der Waals surface area (Å²) in [7, 11) is 1.30. The molecule has 4 unspecified atom stereocenters. The monoisotopic (exact) mass is 837 g/mol. The minimum atomic E-state index is -2.01. The molecule has 1 amide bonds. The molecule has 0 aromatic carbocycles. The largest absolute Gasteiger partial charge is 0.490 e. The summed E-state index contributed by atoms with van der Waals surface area (Å²) >= 11 is 0. The highest BCUT2D eigenvalue weighted by atomic mass is 16.7. The lowest BCUT2D eigenvalue weighted by Crippen LogP contribution is -2.59. The zero-order chi connectivity index (χ0) is 44.5. The van der Waals surface area contributed by atoms with E-state index in [1.165, 1.54) is 19.3 Å². The quantitative estimate of drug-likeness (QED) is 0.129. The number of hydrogen-bond donors (Lipinski definition) is 7. The molecule has 0 spiro atoms. The summed E-state index contributed by atoms with van der Waals surface area (Å²) in [6, 6.07) is 0. The van der Waals surface area contributed by atoms with Gasteiger partial charge >= 0.3 is 12.1 Å². The first-order chi connectivity index (χ1) is 27.5. The van der Waals surface area contributed by atoms with Crippen LogP contribution >= 0.6 is 0 Å². The Kier molecular flexibility index (Phi) is 18.8. The number of aliphatic hydroxyl groups is 6. The maximum atomic E-state index is 13.7. The van der Waals surface area contributed by atoms with E-state index < -0.39 is 109 Å². The Morgan fingerprint density at radius 1 is 1.05 bits per heavy atom. The lowest BCUT2D eigenvalue weighted by Gasteiger charge is -2.49. The van der Waals surface area contributed by atoms with Crippen LogP contribution in [0, 0.1) is 35.5 Å². The average molecular weight is 838 g/mol. The van der Waals surface area contributed by atoms with Gasteiger partial charge in [-0.25, -0.2) is 9.59 Å². The van der Waals surface area contributed by atoms with Crippen molar-refractivity contribution in [3.05, 3.63) is 59.4 Å². The third-order valence-corrected chi connectivity index (χ3v) is 12.2. The number of hydrogen-bond acceptors (Lipinski definition) is 14. The minimum Gasteiger partial charge on any atom is -0.490 e. The summed E-state index contributed by atoms with van der Waals surface area (Å²) in [4.78, 5) is 25.1. The van der Waals surface area contributed by atoms with Gasteiger partial charge in [-0.1, -0.05) is 89.1 Å². The normalized spacial score (nSPS) is 43.2. The highest BCUT2D eigenvalue weighted by molar-refractivity contribution is 5.87. The number of nitrogens with two attached hydrogens (primary N) is 1. The van der Waals surface area contributed by atoms with Gasteiger partial charge < -0.3 is 64.8 Å². The summed E-state index contributed by atoms with van der Waals surface area (Å²) in [6.45, 7) is 17.6. The average Bonchev–Trinajstić information content (AvgIpc) is 3.16. The van der Waals surface area contributed by atoms with Gasteiger partial charge in [0.15, 0.2) is 18.2 Å². The first-order valence-electron chi connectivity index (χ1n) is 20.7. The Hall–Kier alpha value is -3.12. The molecule has 2 fully saturated rings. The van der Waals surface area contributed by atoms with Crippen LogP contribution in [0.1, 0.15) is 88.5 Å². The molecule has 0 saturated carbocycles. The number of allylic oxidation sites excluding steroid dienone is 6. The third-order valence-electron chi connectivity index (χ3n) is 12.2. The van der Waals surface area contributed by atoms with Gasteiger partial charge in [0.1, 0.15) is 12.2 Å². The van der Waals surface area contributed by atoms with Crippen LogP contribution in [-0.2, 0) is 33.2 Å². The van der Waals surface area contributed by atoms with Crippen molar-refractivity contribution in [1.82, 2.24) is 0 Å². The molecule has 0 radical (unpaired) electrons. The molecule has 336 valence electrons. The molecule has 3 rings (SSSR count). The molecular formula is C44H71NO14. The lowest BCUT2D eigenvalue weighted by molar-refractivity contribution is -0.338. The first kappa shape index (κ1) is 50.2. The molecule has 15 heteroatoms. The predicted molar refractivity (Wildman–Crippen MR) is 219 cm³/mol. The summed E-state index contributed by atoms with van der Waals surface area (Å²) in [5.41, 5.74) is 6.65. The molecule has 0 bridgehead atoms. The van der Waals surface area contributed by atoms with Gasteiger partial charge in [-0.05, 0) is 46.1 Å². The summed E-state index contributed by atoms with van der Waals surface area (Å²) in [6.07, 6.45) is -0.229. The Labute approximate surface area is 349 Å². The van der Waals surface area contributed by atoms with Gasteiger partial charge in [-0.15, -0.1) is 0 Å². The van der Waals surface area contributed by atoms with Gasteiger partial charge in [-0.3, -0.25) is 0 Å². The Morgan fingerprint density at radius 3 is 2.31 bits per heavy atom. The van der Waals surface area contributed by atoms with Crippen molar-refractivity contribution in [2.45, 2.75) is 162 Å². The predicted octanol–water partition coefficient (Wildman–Crippen LogP) is 3.94. The molecular weight excluding hydrogens is 766 g/mol. The zero-order valence-electron chi connectivity index (χ0n) is 36.5. The van der Waals surface area contributed by atoms with E-state index in [1.54, 1.807) is 71.9 Å². The molecule has 15 nitrogen and oxygen atoms in total. The van der Waals surface area contributed by atoms with E-state index in [-0.39, 0.29) is 30.4 Å². The second-order valence-electron chi connectivity index (χ2n) is 17.1. The van der Waals surface area contributed by atoms with Crippen molar-refractivity contribution in [3.8, 4) is 0 Å². The standard InChI is InChI=1S/C44H71NO14/c1-12-14-33-26(6)35(56-36-20-32(47)41(30(10)55-36)58-43(45)52)21-44(53,59-33)29(9)39(50)28(8)40-31(46)16-13-15-22(2)17-24(4)37(48)27(7)38(49)25(5)18-23(3)19-34(54-11)42(51)57-40/h12-16,18-19,24-33,35-41,46-50,53H,17,20-21H2,1-11H3,(H2,45,52)/b14-12+,16-13+,22-15+,23-18+,34-19-/t24-,25?,26-,27+,28+,29+,30+,31+,32+,33-,35-,36?,37?,38?,39-,40-,41+,44-/m1/s1. The molecule has 3 aliphatic heterocycles. The molecule has 0 aliphatic carbocycles. The smallest absolute Gasteiger partial charge is 0.404 e. The number of carbonyl (C=O) groups excluding carboxylic acids is 2. The number of rotatable bonds is 9. The van der Waals surface area contributed by atoms with Crippen molar-refractivity contribution in [2.75, 3.05) is 7.11 Å². The van der Waals surface area contributed by atoms with Crippen molar-refractivity contribution in [1.29, 1.82) is 0 Å². The van der Waals surface area contributed by atoms with Crippen LogP contribution in [0.25, 0.3) is 0 Å². The Balaban J connectivity index is 1.96. The topological polar surface area (TPSA) is 237 Å². The van der Waals surface area contributed by atoms with Crippen molar-refractivity contribution >= 4 is 12.1 Å². The fourth-order valence-electron chi connectivity index (χ4n) is 8.45. The van der Waals surface area contributed by atoms with Gasteiger partial charge in [-0.2, -0.15) is 0 Å². The van der Waals surface area contributed by atoms with Crippen molar-refractivity contribution in [2.24, 2.45) is 41.2 Å². The second kappa shape index (κ2) is 22.1. The summed E-state index contributed by atoms with van der Waals surface area (Å²) < 4.78 is 35.0. The van der Waals surface area contributed by atoms with Crippen LogP contribution in [0.5, 0.6) is 0 Å². The maximum Gasteiger partial charge on any atom is 0.404 e. The molecule has 3 heterocycles. The molecule has 8 N–H and O–H groups in total. The third kappa shape index (κ3) is 13.2. The van der Waals surface area contributed by atoms with E-state index >= 15 is 0 Å². The van der Waals surface area contributed by atoms with E-state index in [9.17, 15) is 40.2 Å². The molecule has 0 aromatic heterocycles. The van der Waals surface area contributed by atoms with E-state index in [4.69, 9.17) is 34.2 Å². The lowest BCUT2D eigenvalue weighted by atomic mass is 9.77. The molecule has 0 aromatic rings. The number of methoxy groups -OCH3 is 1. The SMILES string of the molecule is C/C=C/[C@H]1O[C@@](O)([C@@H](C)[C@H](O)[C@H](C)[C@H]2OC(=O)/C(OC)=C/C(C)=C/C(C)C(O)[C@@H](C)C(O)[C@H](C)C/C(C)=C/C=C/[C@@H]2O)C[C@@H](OC2C[C@H](O)[C@@H](OC(N)=O)[C@H](C)O2)[C@@H]1C. The number of esters is 1. The number of aliphatic hydroxyl groups excluding tert-OH is 5.